The van der Waals surface area contributed by atoms with Gasteiger partial charge >= 0.3 is 0 Å². The summed E-state index contributed by atoms with van der Waals surface area (Å²) in [6.45, 7) is 3.57. The average molecular weight is 241 g/mol. The lowest BCUT2D eigenvalue weighted by atomic mass is 10.1. The van der Waals surface area contributed by atoms with Crippen molar-refractivity contribution in [3.05, 3.63) is 65.2 Å². The van der Waals surface area contributed by atoms with Crippen LogP contribution in [0.1, 0.15) is 16.7 Å². The molecule has 94 valence electrons. The monoisotopic (exact) mass is 241 g/mol. The number of aryl methyl sites for hydroxylation is 1. The molecule has 1 N–H and O–H groups in total. The summed E-state index contributed by atoms with van der Waals surface area (Å²) in [6.07, 6.45) is 0. The minimum absolute atomic E-state index is 0.616. The van der Waals surface area contributed by atoms with E-state index >= 15 is 0 Å². The molecular formula is C16H19NO. The van der Waals surface area contributed by atoms with E-state index in [-0.39, 0.29) is 0 Å². The predicted molar refractivity (Wildman–Crippen MR) is 74.7 cm³/mol. The van der Waals surface area contributed by atoms with Crippen molar-refractivity contribution < 1.29 is 4.74 Å². The topological polar surface area (TPSA) is 21.3 Å². The van der Waals surface area contributed by atoms with Crippen LogP contribution in [0, 0.1) is 6.92 Å². The molecule has 0 unspecified atom stereocenters. The van der Waals surface area contributed by atoms with E-state index in [1.807, 2.05) is 19.2 Å². The van der Waals surface area contributed by atoms with Gasteiger partial charge < -0.3 is 10.1 Å². The number of rotatable bonds is 5. The molecule has 0 radical (unpaired) electrons. The lowest BCUT2D eigenvalue weighted by Gasteiger charge is -2.08. The van der Waals surface area contributed by atoms with Gasteiger partial charge in [0, 0.05) is 6.54 Å². The fourth-order valence-corrected chi connectivity index (χ4v) is 1.92. The number of ether oxygens (including phenoxy) is 1. The Labute approximate surface area is 109 Å². The molecular weight excluding hydrogens is 222 g/mol. The van der Waals surface area contributed by atoms with Crippen LogP contribution >= 0.6 is 0 Å². The highest BCUT2D eigenvalue weighted by atomic mass is 16.5. The Morgan fingerprint density at radius 2 is 1.78 bits per heavy atom. The van der Waals surface area contributed by atoms with E-state index in [9.17, 15) is 0 Å². The van der Waals surface area contributed by atoms with E-state index in [1.54, 1.807) is 0 Å². The molecule has 0 saturated heterocycles. The number of nitrogens with one attached hydrogen (secondary N) is 1. The fraction of sp³-hybridized carbons (Fsp3) is 0.250. The average Bonchev–Trinajstić information content (AvgIpc) is 2.37. The number of hydrogen-bond acceptors (Lipinski definition) is 2. The highest BCUT2D eigenvalue weighted by Gasteiger charge is 1.98. The van der Waals surface area contributed by atoms with Crippen molar-refractivity contribution in [3.8, 4) is 5.75 Å². The lowest BCUT2D eigenvalue weighted by molar-refractivity contribution is 0.306. The normalized spacial score (nSPS) is 10.3. The summed E-state index contributed by atoms with van der Waals surface area (Å²) >= 11 is 0. The molecule has 0 spiro atoms. The predicted octanol–water partition coefficient (Wildman–Crippen LogP) is 3.29. The molecule has 0 fully saturated rings. The van der Waals surface area contributed by atoms with Gasteiger partial charge in [0.15, 0.2) is 0 Å². The molecule has 0 aliphatic rings. The van der Waals surface area contributed by atoms with Crippen molar-refractivity contribution in [2.45, 2.75) is 20.1 Å². The Balaban J connectivity index is 1.99. The summed E-state index contributed by atoms with van der Waals surface area (Å²) in [7, 11) is 1.94. The Kier molecular flexibility index (Phi) is 4.37. The molecule has 2 aromatic rings. The minimum Gasteiger partial charge on any atom is -0.489 e. The smallest absolute Gasteiger partial charge is 0.120 e. The summed E-state index contributed by atoms with van der Waals surface area (Å²) < 4.78 is 5.81. The first kappa shape index (κ1) is 12.7. The summed E-state index contributed by atoms with van der Waals surface area (Å²) in [4.78, 5) is 0. The van der Waals surface area contributed by atoms with Crippen molar-refractivity contribution >= 4 is 0 Å². The van der Waals surface area contributed by atoms with Crippen molar-refractivity contribution in [2.75, 3.05) is 7.05 Å². The van der Waals surface area contributed by atoms with Crippen LogP contribution in [0.5, 0.6) is 5.75 Å². The summed E-state index contributed by atoms with van der Waals surface area (Å²) in [6, 6.07) is 16.6. The van der Waals surface area contributed by atoms with E-state index in [2.05, 4.69) is 48.6 Å². The molecule has 2 heteroatoms. The first-order valence-electron chi connectivity index (χ1n) is 6.20. The molecule has 2 nitrogen and oxygen atoms in total. The molecule has 0 aromatic heterocycles. The zero-order valence-electron chi connectivity index (χ0n) is 10.9. The van der Waals surface area contributed by atoms with Gasteiger partial charge in [-0.1, -0.05) is 42.0 Å². The molecule has 0 bridgehead atoms. The van der Waals surface area contributed by atoms with Crippen LogP contribution in [0.2, 0.25) is 0 Å². The molecule has 18 heavy (non-hydrogen) atoms. The van der Waals surface area contributed by atoms with Crippen LogP contribution in [0.25, 0.3) is 0 Å². The van der Waals surface area contributed by atoms with Crippen molar-refractivity contribution in [1.82, 2.24) is 5.32 Å². The van der Waals surface area contributed by atoms with Gasteiger partial charge in [-0.15, -0.1) is 0 Å². The van der Waals surface area contributed by atoms with Gasteiger partial charge in [0.25, 0.3) is 0 Å². The second-order valence-corrected chi connectivity index (χ2v) is 4.46. The second kappa shape index (κ2) is 6.22. The first-order chi connectivity index (χ1) is 8.78. The molecule has 2 aromatic carbocycles. The van der Waals surface area contributed by atoms with Gasteiger partial charge in [-0.2, -0.15) is 0 Å². The molecule has 0 atom stereocenters. The lowest BCUT2D eigenvalue weighted by Crippen LogP contribution is -2.05. The standard InChI is InChI=1S/C16H19NO/c1-13-5-3-7-15(9-13)12-18-16-8-4-6-14(10-16)11-17-2/h3-10,17H,11-12H2,1-2H3. The van der Waals surface area contributed by atoms with Crippen molar-refractivity contribution in [3.63, 3.8) is 0 Å². The SMILES string of the molecule is CNCc1cccc(OCc2cccc(C)c2)c1. The summed E-state index contributed by atoms with van der Waals surface area (Å²) in [5.74, 6) is 0.921. The second-order valence-electron chi connectivity index (χ2n) is 4.46. The van der Waals surface area contributed by atoms with E-state index < -0.39 is 0 Å². The van der Waals surface area contributed by atoms with E-state index in [1.165, 1.54) is 16.7 Å². The van der Waals surface area contributed by atoms with E-state index in [0.717, 1.165) is 12.3 Å². The van der Waals surface area contributed by atoms with E-state index in [0.29, 0.717) is 6.61 Å². The van der Waals surface area contributed by atoms with Crippen molar-refractivity contribution in [1.29, 1.82) is 0 Å². The summed E-state index contributed by atoms with van der Waals surface area (Å²) in [5, 5.41) is 3.14. The quantitative estimate of drug-likeness (QED) is 0.867. The molecule has 0 saturated carbocycles. The molecule has 2 rings (SSSR count). The number of hydrogen-bond donors (Lipinski definition) is 1. The Bertz CT molecular complexity index is 508. The van der Waals surface area contributed by atoms with Crippen LogP contribution < -0.4 is 10.1 Å². The highest BCUT2D eigenvalue weighted by Crippen LogP contribution is 2.15. The first-order valence-corrected chi connectivity index (χ1v) is 6.20. The third-order valence-electron chi connectivity index (χ3n) is 2.77. The van der Waals surface area contributed by atoms with Crippen LogP contribution in [-0.2, 0) is 13.2 Å². The Hall–Kier alpha value is -1.80. The van der Waals surface area contributed by atoms with Crippen LogP contribution in [-0.4, -0.2) is 7.05 Å². The maximum absolute atomic E-state index is 5.81. The third kappa shape index (κ3) is 3.60. The Morgan fingerprint density at radius 1 is 1.00 bits per heavy atom. The molecule has 0 aliphatic heterocycles. The molecule has 0 amide bonds. The van der Waals surface area contributed by atoms with E-state index in [4.69, 9.17) is 4.74 Å². The van der Waals surface area contributed by atoms with Gasteiger partial charge in [0.1, 0.15) is 12.4 Å². The fourth-order valence-electron chi connectivity index (χ4n) is 1.92. The number of benzene rings is 2. The minimum atomic E-state index is 0.616. The maximum atomic E-state index is 5.81. The Morgan fingerprint density at radius 3 is 2.56 bits per heavy atom. The van der Waals surface area contributed by atoms with Crippen LogP contribution in [0.15, 0.2) is 48.5 Å². The van der Waals surface area contributed by atoms with Crippen LogP contribution in [0.3, 0.4) is 0 Å². The largest absolute Gasteiger partial charge is 0.489 e. The zero-order valence-corrected chi connectivity index (χ0v) is 10.9. The van der Waals surface area contributed by atoms with Gasteiger partial charge in [-0.25, -0.2) is 0 Å². The van der Waals surface area contributed by atoms with Gasteiger partial charge in [-0.05, 0) is 37.2 Å². The summed E-state index contributed by atoms with van der Waals surface area (Å²) in [5.41, 5.74) is 3.70. The zero-order chi connectivity index (χ0) is 12.8. The van der Waals surface area contributed by atoms with Crippen LogP contribution in [0.4, 0.5) is 0 Å². The van der Waals surface area contributed by atoms with Crippen molar-refractivity contribution in [2.24, 2.45) is 0 Å². The maximum Gasteiger partial charge on any atom is 0.120 e. The molecule has 0 heterocycles. The molecule has 0 aliphatic carbocycles. The van der Waals surface area contributed by atoms with Gasteiger partial charge in [0.2, 0.25) is 0 Å². The van der Waals surface area contributed by atoms with Gasteiger partial charge in [-0.3, -0.25) is 0 Å². The highest BCUT2D eigenvalue weighted by molar-refractivity contribution is 5.29. The van der Waals surface area contributed by atoms with Gasteiger partial charge in [0.05, 0.1) is 0 Å². The third-order valence-corrected chi connectivity index (χ3v) is 2.77.